The summed E-state index contributed by atoms with van der Waals surface area (Å²) < 4.78 is 0. The van der Waals surface area contributed by atoms with E-state index in [4.69, 9.17) is 11.0 Å². The number of hydrogen-bond donors (Lipinski definition) is 1. The summed E-state index contributed by atoms with van der Waals surface area (Å²) in [5.41, 5.74) is 7.26. The van der Waals surface area contributed by atoms with E-state index >= 15 is 0 Å². The molecule has 0 atom stereocenters. The Morgan fingerprint density at radius 2 is 2.06 bits per heavy atom. The maximum atomic E-state index is 8.70. The highest BCUT2D eigenvalue weighted by molar-refractivity contribution is 7.19. The summed E-state index contributed by atoms with van der Waals surface area (Å²) >= 11 is 1.43. The molecule has 2 aromatic rings. The van der Waals surface area contributed by atoms with Crippen LogP contribution in [0.15, 0.2) is 30.5 Å². The molecule has 0 aliphatic carbocycles. The van der Waals surface area contributed by atoms with E-state index in [1.807, 2.05) is 24.1 Å². The highest BCUT2D eigenvalue weighted by Crippen LogP contribution is 2.28. The molecule has 0 radical (unpaired) electrons. The lowest BCUT2D eigenvalue weighted by Crippen LogP contribution is -2.08. The van der Waals surface area contributed by atoms with Gasteiger partial charge in [0.15, 0.2) is 5.13 Å². The van der Waals surface area contributed by atoms with E-state index in [-0.39, 0.29) is 0 Å². The van der Waals surface area contributed by atoms with Gasteiger partial charge >= 0.3 is 0 Å². The van der Waals surface area contributed by atoms with Gasteiger partial charge in [-0.1, -0.05) is 11.3 Å². The molecule has 1 aromatic heterocycles. The summed E-state index contributed by atoms with van der Waals surface area (Å²) in [5, 5.41) is 10.2. The van der Waals surface area contributed by atoms with Crippen LogP contribution in [-0.2, 0) is 0 Å². The molecule has 16 heavy (non-hydrogen) atoms. The van der Waals surface area contributed by atoms with Crippen molar-refractivity contribution in [1.29, 1.82) is 5.26 Å². The molecule has 2 N–H and O–H groups in total. The lowest BCUT2D eigenvalue weighted by Gasteiger charge is -2.15. The number of benzene rings is 1. The van der Waals surface area contributed by atoms with Crippen LogP contribution >= 0.6 is 11.3 Å². The zero-order valence-electron chi connectivity index (χ0n) is 8.71. The van der Waals surface area contributed by atoms with Crippen LogP contribution in [0.25, 0.3) is 0 Å². The largest absolute Gasteiger partial charge is 0.389 e. The monoisotopic (exact) mass is 230 g/mol. The second-order valence-corrected chi connectivity index (χ2v) is 4.30. The second kappa shape index (κ2) is 4.21. The van der Waals surface area contributed by atoms with Gasteiger partial charge < -0.3 is 10.6 Å². The molecule has 80 valence electrons. The van der Waals surface area contributed by atoms with Gasteiger partial charge in [-0.2, -0.15) is 5.26 Å². The number of aromatic nitrogens is 1. The van der Waals surface area contributed by atoms with E-state index in [0.717, 1.165) is 10.8 Å². The van der Waals surface area contributed by atoms with E-state index in [0.29, 0.717) is 10.6 Å². The average molecular weight is 230 g/mol. The van der Waals surface area contributed by atoms with Gasteiger partial charge in [-0.05, 0) is 24.3 Å². The maximum Gasteiger partial charge on any atom is 0.191 e. The van der Waals surface area contributed by atoms with E-state index in [2.05, 4.69) is 11.1 Å². The molecule has 0 amide bonds. The number of hydrogen-bond acceptors (Lipinski definition) is 5. The van der Waals surface area contributed by atoms with Crippen molar-refractivity contribution in [2.45, 2.75) is 0 Å². The summed E-state index contributed by atoms with van der Waals surface area (Å²) in [6.45, 7) is 0. The number of thiazole rings is 1. The number of nitrogens with zero attached hydrogens (tertiary/aromatic N) is 3. The Balaban J connectivity index is 2.27. The first-order chi connectivity index (χ1) is 7.70. The molecule has 0 unspecified atom stereocenters. The first kappa shape index (κ1) is 10.5. The SMILES string of the molecule is CN(c1ccc(C#N)cc1)c1ncc(N)s1. The minimum absolute atomic E-state index is 0.649. The van der Waals surface area contributed by atoms with Gasteiger partial charge in [-0.15, -0.1) is 0 Å². The van der Waals surface area contributed by atoms with Crippen LogP contribution in [-0.4, -0.2) is 12.0 Å². The molecule has 1 aromatic carbocycles. The number of nitrogens with two attached hydrogens (primary N) is 1. The molecule has 5 heteroatoms. The van der Waals surface area contributed by atoms with Crippen LogP contribution in [0.1, 0.15) is 5.56 Å². The Hall–Kier alpha value is -2.06. The van der Waals surface area contributed by atoms with Gasteiger partial charge in [0.05, 0.1) is 17.8 Å². The normalized spacial score (nSPS) is 9.75. The summed E-state index contributed by atoms with van der Waals surface area (Å²) in [6, 6.07) is 9.42. The quantitative estimate of drug-likeness (QED) is 0.860. The summed E-state index contributed by atoms with van der Waals surface area (Å²) in [6.07, 6.45) is 1.64. The molecule has 1 heterocycles. The molecular formula is C11H10N4S. The van der Waals surface area contributed by atoms with Gasteiger partial charge in [-0.25, -0.2) is 4.98 Å². The summed E-state index contributed by atoms with van der Waals surface area (Å²) in [7, 11) is 1.92. The van der Waals surface area contributed by atoms with E-state index < -0.39 is 0 Å². The van der Waals surface area contributed by atoms with Crippen molar-refractivity contribution in [3.8, 4) is 6.07 Å². The summed E-state index contributed by atoms with van der Waals surface area (Å²) in [5.74, 6) is 0. The highest BCUT2D eigenvalue weighted by Gasteiger charge is 2.07. The lowest BCUT2D eigenvalue weighted by molar-refractivity contribution is 1.17. The van der Waals surface area contributed by atoms with Crippen LogP contribution in [0, 0.1) is 11.3 Å². The van der Waals surface area contributed by atoms with Crippen molar-refractivity contribution in [3.63, 3.8) is 0 Å². The zero-order chi connectivity index (χ0) is 11.5. The van der Waals surface area contributed by atoms with Gasteiger partial charge in [0.25, 0.3) is 0 Å². The molecule has 4 nitrogen and oxygen atoms in total. The van der Waals surface area contributed by atoms with Crippen molar-refractivity contribution in [2.24, 2.45) is 0 Å². The lowest BCUT2D eigenvalue weighted by atomic mass is 10.2. The second-order valence-electron chi connectivity index (χ2n) is 3.26. The van der Waals surface area contributed by atoms with E-state index in [1.54, 1.807) is 18.3 Å². The fourth-order valence-electron chi connectivity index (χ4n) is 1.30. The predicted octanol–water partition coefficient (Wildman–Crippen LogP) is 2.36. The minimum atomic E-state index is 0.649. The Morgan fingerprint density at radius 3 is 2.56 bits per heavy atom. The fraction of sp³-hybridized carbons (Fsp3) is 0.0909. The third kappa shape index (κ3) is 1.97. The zero-order valence-corrected chi connectivity index (χ0v) is 9.53. The van der Waals surface area contributed by atoms with Crippen molar-refractivity contribution in [3.05, 3.63) is 36.0 Å². The van der Waals surface area contributed by atoms with Crippen LogP contribution in [0.5, 0.6) is 0 Å². The molecule has 0 bridgehead atoms. The summed E-state index contributed by atoms with van der Waals surface area (Å²) in [4.78, 5) is 6.12. The topological polar surface area (TPSA) is 65.9 Å². The van der Waals surface area contributed by atoms with Crippen molar-refractivity contribution in [1.82, 2.24) is 4.98 Å². The molecule has 0 saturated carbocycles. The molecule has 0 spiro atoms. The fourth-order valence-corrected chi connectivity index (χ4v) is 1.97. The van der Waals surface area contributed by atoms with E-state index in [1.165, 1.54) is 11.3 Å². The Morgan fingerprint density at radius 1 is 1.38 bits per heavy atom. The van der Waals surface area contributed by atoms with Crippen LogP contribution < -0.4 is 10.6 Å². The highest BCUT2D eigenvalue weighted by atomic mass is 32.1. The van der Waals surface area contributed by atoms with Gasteiger partial charge in [0, 0.05) is 12.7 Å². The van der Waals surface area contributed by atoms with Crippen LogP contribution in [0.2, 0.25) is 0 Å². The van der Waals surface area contributed by atoms with Crippen LogP contribution in [0.4, 0.5) is 15.8 Å². The van der Waals surface area contributed by atoms with Crippen molar-refractivity contribution >= 4 is 27.2 Å². The maximum absolute atomic E-state index is 8.70. The predicted molar refractivity (Wildman–Crippen MR) is 65.7 cm³/mol. The van der Waals surface area contributed by atoms with Crippen molar-refractivity contribution in [2.75, 3.05) is 17.7 Å². The standard InChI is InChI=1S/C11H10N4S/c1-15(11-14-7-10(13)16-11)9-4-2-8(6-12)3-5-9/h2-5,7H,13H2,1H3. The Kier molecular flexibility index (Phi) is 2.75. The number of nitriles is 1. The van der Waals surface area contributed by atoms with Crippen molar-refractivity contribution < 1.29 is 0 Å². The Bertz CT molecular complexity index is 524. The van der Waals surface area contributed by atoms with E-state index in [9.17, 15) is 0 Å². The number of rotatable bonds is 2. The molecular weight excluding hydrogens is 220 g/mol. The van der Waals surface area contributed by atoms with Crippen LogP contribution in [0.3, 0.4) is 0 Å². The average Bonchev–Trinajstić information content (AvgIpc) is 2.75. The first-order valence-corrected chi connectivity index (χ1v) is 5.47. The molecule has 0 aliphatic rings. The first-order valence-electron chi connectivity index (χ1n) is 4.66. The number of nitrogen functional groups attached to an aromatic ring is 1. The smallest absolute Gasteiger partial charge is 0.191 e. The van der Waals surface area contributed by atoms with Gasteiger partial charge in [0.2, 0.25) is 0 Å². The van der Waals surface area contributed by atoms with Gasteiger partial charge in [0.1, 0.15) is 5.00 Å². The molecule has 0 fully saturated rings. The third-order valence-corrected chi connectivity index (χ3v) is 3.08. The third-order valence-electron chi connectivity index (χ3n) is 2.18. The Labute approximate surface area is 97.6 Å². The van der Waals surface area contributed by atoms with Gasteiger partial charge in [-0.3, -0.25) is 0 Å². The molecule has 0 saturated heterocycles. The minimum Gasteiger partial charge on any atom is -0.389 e. The molecule has 2 rings (SSSR count). The molecule has 0 aliphatic heterocycles. The number of anilines is 3.